The molecule has 0 radical (unpaired) electrons. The standard InChI is InChI=1S/C20H25NO3/c1-3-24-19-7-5-4-6-17(19)10-13-20(22)21-15-14-16-8-11-18(23-2)12-9-16/h4-9,11-12H,3,10,13-15H2,1-2H3,(H,21,22). The van der Waals surface area contributed by atoms with E-state index in [1.165, 1.54) is 5.56 Å². The number of rotatable bonds is 9. The van der Waals surface area contributed by atoms with Crippen LogP contribution >= 0.6 is 0 Å². The van der Waals surface area contributed by atoms with Gasteiger partial charge in [-0.3, -0.25) is 4.79 Å². The van der Waals surface area contributed by atoms with Gasteiger partial charge in [0.25, 0.3) is 0 Å². The van der Waals surface area contributed by atoms with Gasteiger partial charge in [-0.15, -0.1) is 0 Å². The van der Waals surface area contributed by atoms with Crippen molar-refractivity contribution in [1.29, 1.82) is 0 Å². The van der Waals surface area contributed by atoms with Crippen LogP contribution < -0.4 is 14.8 Å². The lowest BCUT2D eigenvalue weighted by Crippen LogP contribution is -2.25. The molecule has 4 heteroatoms. The number of carbonyl (C=O) groups is 1. The van der Waals surface area contributed by atoms with Crippen molar-refractivity contribution >= 4 is 5.91 Å². The highest BCUT2D eigenvalue weighted by molar-refractivity contribution is 5.76. The second-order valence-corrected chi connectivity index (χ2v) is 5.49. The average molecular weight is 327 g/mol. The smallest absolute Gasteiger partial charge is 0.220 e. The predicted molar refractivity (Wildman–Crippen MR) is 95.6 cm³/mol. The molecule has 0 aromatic heterocycles. The van der Waals surface area contributed by atoms with Crippen LogP contribution in [0.4, 0.5) is 0 Å². The summed E-state index contributed by atoms with van der Waals surface area (Å²) in [5.74, 6) is 1.77. The van der Waals surface area contributed by atoms with Crippen molar-refractivity contribution in [2.75, 3.05) is 20.3 Å². The number of carbonyl (C=O) groups excluding carboxylic acids is 1. The lowest BCUT2D eigenvalue weighted by molar-refractivity contribution is -0.121. The summed E-state index contributed by atoms with van der Waals surface area (Å²) in [6.45, 7) is 3.23. The third-order valence-electron chi connectivity index (χ3n) is 3.79. The number of ether oxygens (including phenoxy) is 2. The second-order valence-electron chi connectivity index (χ2n) is 5.49. The van der Waals surface area contributed by atoms with E-state index in [1.54, 1.807) is 7.11 Å². The Bertz CT molecular complexity index is 638. The lowest BCUT2D eigenvalue weighted by atomic mass is 10.1. The van der Waals surface area contributed by atoms with Gasteiger partial charge in [0.15, 0.2) is 0 Å². The van der Waals surface area contributed by atoms with Gasteiger partial charge in [-0.25, -0.2) is 0 Å². The van der Waals surface area contributed by atoms with Crippen molar-refractivity contribution in [1.82, 2.24) is 5.32 Å². The Hall–Kier alpha value is -2.49. The Labute approximate surface area is 143 Å². The third-order valence-corrected chi connectivity index (χ3v) is 3.79. The van der Waals surface area contributed by atoms with Crippen LogP contribution in [0.1, 0.15) is 24.5 Å². The minimum absolute atomic E-state index is 0.0646. The van der Waals surface area contributed by atoms with Crippen molar-refractivity contribution in [2.45, 2.75) is 26.2 Å². The van der Waals surface area contributed by atoms with E-state index in [9.17, 15) is 4.79 Å². The van der Waals surface area contributed by atoms with Crippen LogP contribution in [-0.4, -0.2) is 26.2 Å². The summed E-state index contributed by atoms with van der Waals surface area (Å²) >= 11 is 0. The van der Waals surface area contributed by atoms with E-state index in [0.29, 0.717) is 26.0 Å². The Morgan fingerprint density at radius 3 is 2.50 bits per heavy atom. The van der Waals surface area contributed by atoms with E-state index >= 15 is 0 Å². The van der Waals surface area contributed by atoms with Gasteiger partial charge in [0.1, 0.15) is 11.5 Å². The van der Waals surface area contributed by atoms with Gasteiger partial charge in [0.2, 0.25) is 5.91 Å². The van der Waals surface area contributed by atoms with Gasteiger partial charge < -0.3 is 14.8 Å². The minimum atomic E-state index is 0.0646. The highest BCUT2D eigenvalue weighted by Gasteiger charge is 2.06. The van der Waals surface area contributed by atoms with Crippen molar-refractivity contribution in [3.63, 3.8) is 0 Å². The molecular weight excluding hydrogens is 302 g/mol. The lowest BCUT2D eigenvalue weighted by Gasteiger charge is -2.10. The quantitative estimate of drug-likeness (QED) is 0.768. The second kappa shape index (κ2) is 9.60. The molecule has 128 valence electrons. The van der Waals surface area contributed by atoms with Crippen molar-refractivity contribution in [3.05, 3.63) is 59.7 Å². The Kier molecular flexibility index (Phi) is 7.15. The van der Waals surface area contributed by atoms with Crippen LogP contribution in [0.2, 0.25) is 0 Å². The first-order valence-electron chi connectivity index (χ1n) is 8.33. The molecule has 0 heterocycles. The largest absolute Gasteiger partial charge is 0.497 e. The summed E-state index contributed by atoms with van der Waals surface area (Å²) in [5, 5.41) is 2.97. The van der Waals surface area contributed by atoms with Crippen molar-refractivity contribution < 1.29 is 14.3 Å². The summed E-state index contributed by atoms with van der Waals surface area (Å²) in [5.41, 5.74) is 2.25. The molecule has 2 aromatic carbocycles. The van der Waals surface area contributed by atoms with E-state index in [4.69, 9.17) is 9.47 Å². The number of amides is 1. The molecular formula is C20H25NO3. The van der Waals surface area contributed by atoms with Crippen LogP contribution in [0.25, 0.3) is 0 Å². The fourth-order valence-electron chi connectivity index (χ4n) is 2.48. The topological polar surface area (TPSA) is 47.6 Å². The van der Waals surface area contributed by atoms with Gasteiger partial charge in [-0.05, 0) is 49.1 Å². The van der Waals surface area contributed by atoms with E-state index in [0.717, 1.165) is 23.5 Å². The van der Waals surface area contributed by atoms with Gasteiger partial charge in [-0.2, -0.15) is 0 Å². The van der Waals surface area contributed by atoms with Crippen LogP contribution in [0.5, 0.6) is 11.5 Å². The first-order valence-corrected chi connectivity index (χ1v) is 8.33. The maximum Gasteiger partial charge on any atom is 0.220 e. The molecule has 0 spiro atoms. The zero-order chi connectivity index (χ0) is 17.2. The van der Waals surface area contributed by atoms with Crippen molar-refractivity contribution in [3.8, 4) is 11.5 Å². The van der Waals surface area contributed by atoms with Gasteiger partial charge >= 0.3 is 0 Å². The number of aryl methyl sites for hydroxylation is 1. The molecule has 4 nitrogen and oxygen atoms in total. The number of methoxy groups -OCH3 is 1. The van der Waals surface area contributed by atoms with Crippen LogP contribution in [-0.2, 0) is 17.6 Å². The molecule has 0 aliphatic rings. The van der Waals surface area contributed by atoms with Gasteiger partial charge in [0, 0.05) is 13.0 Å². The Balaban J connectivity index is 1.73. The average Bonchev–Trinajstić information content (AvgIpc) is 2.62. The number of nitrogens with one attached hydrogen (secondary N) is 1. The van der Waals surface area contributed by atoms with Crippen LogP contribution in [0.15, 0.2) is 48.5 Å². The zero-order valence-corrected chi connectivity index (χ0v) is 14.4. The number of para-hydroxylation sites is 1. The number of hydrogen-bond acceptors (Lipinski definition) is 3. The molecule has 24 heavy (non-hydrogen) atoms. The molecule has 0 aliphatic carbocycles. The van der Waals surface area contributed by atoms with E-state index in [1.807, 2.05) is 55.5 Å². The molecule has 0 saturated heterocycles. The number of hydrogen-bond donors (Lipinski definition) is 1. The third kappa shape index (κ3) is 5.61. The molecule has 0 unspecified atom stereocenters. The Morgan fingerprint density at radius 1 is 1.04 bits per heavy atom. The molecule has 2 aromatic rings. The van der Waals surface area contributed by atoms with Crippen LogP contribution in [0.3, 0.4) is 0 Å². The fourth-order valence-corrected chi connectivity index (χ4v) is 2.48. The number of benzene rings is 2. The fraction of sp³-hybridized carbons (Fsp3) is 0.350. The monoisotopic (exact) mass is 327 g/mol. The molecule has 2 rings (SSSR count). The van der Waals surface area contributed by atoms with E-state index in [2.05, 4.69) is 5.32 Å². The van der Waals surface area contributed by atoms with Gasteiger partial charge in [0.05, 0.1) is 13.7 Å². The molecule has 1 N–H and O–H groups in total. The summed E-state index contributed by atoms with van der Waals surface area (Å²) in [6.07, 6.45) is 1.96. The maximum atomic E-state index is 12.0. The maximum absolute atomic E-state index is 12.0. The van der Waals surface area contributed by atoms with E-state index in [-0.39, 0.29) is 5.91 Å². The SMILES string of the molecule is CCOc1ccccc1CCC(=O)NCCc1ccc(OC)cc1. The van der Waals surface area contributed by atoms with E-state index < -0.39 is 0 Å². The first kappa shape index (κ1) is 17.9. The molecule has 0 saturated carbocycles. The normalized spacial score (nSPS) is 10.2. The predicted octanol–water partition coefficient (Wildman–Crippen LogP) is 3.39. The minimum Gasteiger partial charge on any atom is -0.497 e. The molecule has 0 aliphatic heterocycles. The Morgan fingerprint density at radius 2 is 1.79 bits per heavy atom. The summed E-state index contributed by atoms with van der Waals surface area (Å²) in [4.78, 5) is 12.0. The van der Waals surface area contributed by atoms with Gasteiger partial charge in [-0.1, -0.05) is 30.3 Å². The zero-order valence-electron chi connectivity index (χ0n) is 14.4. The summed E-state index contributed by atoms with van der Waals surface area (Å²) in [6, 6.07) is 15.8. The first-order chi connectivity index (χ1) is 11.7. The molecule has 0 fully saturated rings. The summed E-state index contributed by atoms with van der Waals surface area (Å²) < 4.78 is 10.7. The molecule has 0 atom stereocenters. The molecule has 0 bridgehead atoms. The van der Waals surface area contributed by atoms with Crippen LogP contribution in [0, 0.1) is 0 Å². The highest BCUT2D eigenvalue weighted by Crippen LogP contribution is 2.19. The summed E-state index contributed by atoms with van der Waals surface area (Å²) in [7, 11) is 1.65. The molecule has 1 amide bonds. The van der Waals surface area contributed by atoms with Crippen molar-refractivity contribution in [2.24, 2.45) is 0 Å². The highest BCUT2D eigenvalue weighted by atomic mass is 16.5.